The smallest absolute Gasteiger partial charge is 0.360 e. The molecule has 234 valence electrons. The number of benzene rings is 3. The van der Waals surface area contributed by atoms with Gasteiger partial charge in [-0.25, -0.2) is 9.80 Å². The molecule has 7 nitrogen and oxygen atoms in total. The van der Waals surface area contributed by atoms with Crippen LogP contribution in [-0.4, -0.2) is 31.4 Å². The van der Waals surface area contributed by atoms with E-state index in [1.165, 1.54) is 19.7 Å². The number of halogens is 1. The summed E-state index contributed by atoms with van der Waals surface area (Å²) in [5.41, 5.74) is 17.4. The van der Waals surface area contributed by atoms with E-state index in [0.29, 0.717) is 17.4 Å². The van der Waals surface area contributed by atoms with Crippen molar-refractivity contribution in [3.8, 4) is 0 Å². The van der Waals surface area contributed by atoms with Gasteiger partial charge >= 0.3 is 5.97 Å². The second kappa shape index (κ2) is 18.4. The van der Waals surface area contributed by atoms with Crippen molar-refractivity contribution in [2.45, 2.75) is 47.6 Å². The van der Waals surface area contributed by atoms with Crippen LogP contribution in [0.5, 0.6) is 0 Å². The van der Waals surface area contributed by atoms with Crippen LogP contribution in [0, 0.1) is 12.8 Å². The molecule has 1 aliphatic heterocycles. The third-order valence-corrected chi connectivity index (χ3v) is 6.96. The lowest BCUT2D eigenvalue weighted by Gasteiger charge is -2.33. The Bertz CT molecular complexity index is 1480. The Balaban J connectivity index is 0.000000577. The number of ether oxygens (including phenoxy) is 2. The first-order valence-electron chi connectivity index (χ1n) is 14.6. The van der Waals surface area contributed by atoms with E-state index in [9.17, 15) is 4.79 Å². The van der Waals surface area contributed by atoms with Gasteiger partial charge in [0.15, 0.2) is 11.5 Å². The number of hydrogen-bond donors (Lipinski definition) is 2. The van der Waals surface area contributed by atoms with Crippen molar-refractivity contribution >= 4 is 40.9 Å². The molecule has 0 aromatic heterocycles. The van der Waals surface area contributed by atoms with E-state index in [1.807, 2.05) is 92.7 Å². The average molecular weight is 617 g/mol. The van der Waals surface area contributed by atoms with E-state index in [1.54, 1.807) is 18.1 Å². The Kier molecular flexibility index (Phi) is 15.0. The maximum absolute atomic E-state index is 13.0. The Morgan fingerprint density at radius 2 is 1.73 bits per heavy atom. The summed E-state index contributed by atoms with van der Waals surface area (Å²) in [6, 6.07) is 23.4. The largest absolute Gasteiger partial charge is 0.486 e. The summed E-state index contributed by atoms with van der Waals surface area (Å²) in [4.78, 5) is 13.0. The van der Waals surface area contributed by atoms with Crippen LogP contribution in [0.15, 0.2) is 95.7 Å². The number of hydrogen-bond acceptors (Lipinski definition) is 7. The lowest BCUT2D eigenvalue weighted by atomic mass is 9.90. The monoisotopic (exact) mass is 616 g/mol. The van der Waals surface area contributed by atoms with Gasteiger partial charge in [0, 0.05) is 33.6 Å². The molecule has 3 aromatic carbocycles. The molecule has 0 radical (unpaired) electrons. The molecular formula is C36H45ClN4O3. The minimum Gasteiger partial charge on any atom is -0.486 e. The topological polar surface area (TPSA) is 103 Å². The van der Waals surface area contributed by atoms with Gasteiger partial charge in [0.25, 0.3) is 0 Å². The number of esters is 1. The summed E-state index contributed by atoms with van der Waals surface area (Å²) in [7, 11) is 2.85. The number of nitrogens with two attached hydrogens (primary N) is 2. The van der Waals surface area contributed by atoms with Crippen LogP contribution in [0.1, 0.15) is 61.9 Å². The average Bonchev–Trinajstić information content (AvgIpc) is 3.04. The number of aryl methyl sites for hydroxylation is 1. The summed E-state index contributed by atoms with van der Waals surface area (Å²) in [5, 5.41) is 6.90. The Hall–Kier alpha value is -4.33. The van der Waals surface area contributed by atoms with Crippen molar-refractivity contribution in [1.29, 1.82) is 0 Å². The normalized spacial score (nSPS) is 14.2. The minimum absolute atomic E-state index is 0.221. The van der Waals surface area contributed by atoms with Crippen LogP contribution >= 0.6 is 11.6 Å². The van der Waals surface area contributed by atoms with Crippen LogP contribution in [0.25, 0.3) is 17.2 Å². The number of fused-ring (bicyclic) bond motifs is 1. The van der Waals surface area contributed by atoms with Crippen LogP contribution < -0.4 is 11.5 Å². The Labute approximate surface area is 267 Å². The summed E-state index contributed by atoms with van der Waals surface area (Å²) < 4.78 is 11.5. The quantitative estimate of drug-likeness (QED) is 0.196. The molecule has 0 saturated carbocycles. The first kappa shape index (κ1) is 35.9. The fraction of sp³-hybridized carbons (Fsp3) is 0.278. The highest BCUT2D eigenvalue weighted by Gasteiger charge is 2.36. The van der Waals surface area contributed by atoms with Gasteiger partial charge in [-0.15, -0.1) is 0 Å². The zero-order valence-corrected chi connectivity index (χ0v) is 27.6. The van der Waals surface area contributed by atoms with Crippen molar-refractivity contribution in [1.82, 2.24) is 5.01 Å². The molecule has 0 aliphatic carbocycles. The van der Waals surface area contributed by atoms with Crippen LogP contribution in [-0.2, 0) is 20.9 Å². The molecule has 0 spiro atoms. The van der Waals surface area contributed by atoms with Gasteiger partial charge in [-0.05, 0) is 57.0 Å². The summed E-state index contributed by atoms with van der Waals surface area (Å²) in [6.07, 6.45) is 6.60. The number of methoxy groups -OCH3 is 1. The van der Waals surface area contributed by atoms with Gasteiger partial charge < -0.3 is 20.9 Å². The van der Waals surface area contributed by atoms with Crippen molar-refractivity contribution in [2.24, 2.45) is 22.5 Å². The minimum atomic E-state index is -0.535. The highest BCUT2D eigenvalue weighted by atomic mass is 35.5. The van der Waals surface area contributed by atoms with Gasteiger partial charge in [-0.2, -0.15) is 5.10 Å². The van der Waals surface area contributed by atoms with Crippen LogP contribution in [0.2, 0.25) is 5.02 Å². The maximum Gasteiger partial charge on any atom is 0.360 e. The number of hydrazone groups is 1. The first-order valence-corrected chi connectivity index (χ1v) is 15.0. The predicted octanol–water partition coefficient (Wildman–Crippen LogP) is 8.00. The molecule has 1 heterocycles. The third-order valence-electron chi connectivity index (χ3n) is 6.73. The molecular weight excluding hydrogens is 572 g/mol. The highest BCUT2D eigenvalue weighted by Crippen LogP contribution is 2.43. The van der Waals surface area contributed by atoms with Gasteiger partial charge in [-0.3, -0.25) is 0 Å². The van der Waals surface area contributed by atoms with E-state index in [4.69, 9.17) is 26.8 Å². The molecule has 0 saturated heterocycles. The zero-order chi connectivity index (χ0) is 32.6. The first-order chi connectivity index (χ1) is 21.2. The van der Waals surface area contributed by atoms with Gasteiger partial charge in [0.2, 0.25) is 0 Å². The predicted molar refractivity (Wildman–Crippen MR) is 184 cm³/mol. The molecule has 4 N–H and O–H groups in total. The van der Waals surface area contributed by atoms with Crippen LogP contribution in [0.3, 0.4) is 0 Å². The van der Waals surface area contributed by atoms with Crippen LogP contribution in [0.4, 0.5) is 0 Å². The maximum atomic E-state index is 13.0. The summed E-state index contributed by atoms with van der Waals surface area (Å²) in [6.45, 7) is 10.3. The number of carbonyl (C=O) groups is 1. The fourth-order valence-electron chi connectivity index (χ4n) is 4.48. The van der Waals surface area contributed by atoms with E-state index in [2.05, 4.69) is 30.8 Å². The van der Waals surface area contributed by atoms with E-state index in [-0.39, 0.29) is 12.3 Å². The zero-order valence-electron chi connectivity index (χ0n) is 26.8. The fourth-order valence-corrected chi connectivity index (χ4v) is 4.73. The van der Waals surface area contributed by atoms with Crippen molar-refractivity contribution in [3.05, 3.63) is 123 Å². The highest BCUT2D eigenvalue weighted by molar-refractivity contribution is 6.30. The molecule has 1 unspecified atom stereocenters. The number of carbonyl (C=O) groups excluding carboxylic acids is 1. The molecule has 44 heavy (non-hydrogen) atoms. The Morgan fingerprint density at radius 3 is 2.27 bits per heavy atom. The van der Waals surface area contributed by atoms with Gasteiger partial charge in [-0.1, -0.05) is 105 Å². The van der Waals surface area contributed by atoms with Crippen molar-refractivity contribution in [2.75, 3.05) is 14.2 Å². The molecule has 0 bridgehead atoms. The third kappa shape index (κ3) is 9.33. The summed E-state index contributed by atoms with van der Waals surface area (Å²) in [5.74, 6) is 0.195. The molecule has 0 fully saturated rings. The van der Waals surface area contributed by atoms with Crippen molar-refractivity contribution < 1.29 is 14.3 Å². The molecule has 1 aliphatic rings. The Morgan fingerprint density at radius 1 is 1.05 bits per heavy atom. The number of rotatable bonds is 8. The van der Waals surface area contributed by atoms with E-state index < -0.39 is 5.97 Å². The standard InChI is InChI=1S/C28H33N3O3.C7H7Cl.CH5N/c1-6-19(4)17-23(29)21-15-12-16-22-25(21)24(7-2)31(30-8-3)26(28(32)33-5)27(22)34-18-20-13-10-9-11-14-20;1-6-3-2-4-7(8)5-6;1-2/h7-17,19H,6,18,29H2,1-5H3;2-5H,1H3;2H2,1H3/b23-17-,24-7+,30-8-;;. The van der Waals surface area contributed by atoms with Gasteiger partial charge in [0.1, 0.15) is 6.61 Å². The number of nitrogens with zero attached hydrogens (tertiary/aromatic N) is 2. The summed E-state index contributed by atoms with van der Waals surface area (Å²) >= 11 is 5.64. The molecule has 3 aromatic rings. The number of allylic oxidation sites excluding steroid dienone is 2. The van der Waals surface area contributed by atoms with E-state index >= 15 is 0 Å². The molecule has 4 rings (SSSR count). The van der Waals surface area contributed by atoms with Crippen molar-refractivity contribution in [3.63, 3.8) is 0 Å². The second-order valence-corrected chi connectivity index (χ2v) is 10.3. The van der Waals surface area contributed by atoms with Gasteiger partial charge in [0.05, 0.1) is 12.8 Å². The molecule has 8 heteroatoms. The molecule has 0 amide bonds. The van der Waals surface area contributed by atoms with E-state index in [0.717, 1.165) is 39.4 Å². The molecule has 1 atom stereocenters. The second-order valence-electron chi connectivity index (χ2n) is 9.84. The lowest BCUT2D eigenvalue weighted by Crippen LogP contribution is -2.30. The lowest BCUT2D eigenvalue weighted by molar-refractivity contribution is -0.137. The SMILES string of the molecule is C/C=N\N1C(C(=O)OC)=C(OCc2ccccc2)c2cccc(/C(N)=C/C(C)CC)c2/C1=C\C.CN.Cc1cccc(Cl)c1.